The first kappa shape index (κ1) is 6.22. The van der Waals surface area contributed by atoms with Crippen molar-refractivity contribution in [3.05, 3.63) is 19.9 Å². The molecule has 0 N–H and O–H groups in total. The standard InChI is InChI=1S/C5H3IOS/c6-5-4(3-7)1-2-8-5/h1-3H. The lowest BCUT2D eigenvalue weighted by Gasteiger charge is -1.76. The second-order valence-corrected chi connectivity index (χ2v) is 3.99. The molecular formula is C5H3IOS. The van der Waals surface area contributed by atoms with Crippen LogP contribution in [0.25, 0.3) is 0 Å². The Kier molecular flexibility index (Phi) is 2.01. The van der Waals surface area contributed by atoms with Gasteiger partial charge in [0.15, 0.2) is 6.29 Å². The number of carbonyl (C=O) groups excluding carboxylic acids is 1. The number of aldehydes is 1. The van der Waals surface area contributed by atoms with Gasteiger partial charge in [-0.05, 0) is 34.0 Å². The fourth-order valence-electron chi connectivity index (χ4n) is 0.386. The third kappa shape index (κ3) is 1.08. The second kappa shape index (κ2) is 2.59. The van der Waals surface area contributed by atoms with E-state index in [1.54, 1.807) is 11.3 Å². The van der Waals surface area contributed by atoms with Gasteiger partial charge >= 0.3 is 0 Å². The van der Waals surface area contributed by atoms with Gasteiger partial charge < -0.3 is 0 Å². The molecule has 0 spiro atoms. The Hall–Kier alpha value is 0.1000. The molecule has 1 nitrogen and oxygen atoms in total. The predicted molar refractivity (Wildman–Crippen MR) is 42.4 cm³/mol. The highest BCUT2D eigenvalue weighted by Gasteiger charge is 1.95. The molecule has 0 atom stereocenters. The highest BCUT2D eigenvalue weighted by atomic mass is 127. The van der Waals surface area contributed by atoms with Crippen molar-refractivity contribution in [1.29, 1.82) is 0 Å². The maximum atomic E-state index is 10.1. The number of hydrogen-bond donors (Lipinski definition) is 0. The first-order valence-electron chi connectivity index (χ1n) is 2.03. The van der Waals surface area contributed by atoms with E-state index in [0.717, 1.165) is 14.7 Å². The molecule has 42 valence electrons. The highest BCUT2D eigenvalue weighted by Crippen LogP contribution is 2.16. The molecule has 0 radical (unpaired) electrons. The fourth-order valence-corrected chi connectivity index (χ4v) is 1.72. The van der Waals surface area contributed by atoms with Gasteiger partial charge in [0.1, 0.15) is 0 Å². The zero-order chi connectivity index (χ0) is 5.98. The van der Waals surface area contributed by atoms with Gasteiger partial charge in [-0.1, -0.05) is 0 Å². The summed E-state index contributed by atoms with van der Waals surface area (Å²) in [4.78, 5) is 10.1. The van der Waals surface area contributed by atoms with E-state index in [9.17, 15) is 4.79 Å². The number of hydrogen-bond acceptors (Lipinski definition) is 2. The molecule has 0 saturated carbocycles. The van der Waals surface area contributed by atoms with Crippen LogP contribution in [-0.2, 0) is 0 Å². The second-order valence-electron chi connectivity index (χ2n) is 1.27. The average molecular weight is 238 g/mol. The van der Waals surface area contributed by atoms with Gasteiger partial charge in [-0.25, -0.2) is 0 Å². The van der Waals surface area contributed by atoms with Crippen molar-refractivity contribution in [2.45, 2.75) is 0 Å². The zero-order valence-corrected chi connectivity index (χ0v) is 6.90. The van der Waals surface area contributed by atoms with Crippen LogP contribution < -0.4 is 0 Å². The number of halogens is 1. The maximum Gasteiger partial charge on any atom is 0.151 e. The molecule has 1 aromatic rings. The topological polar surface area (TPSA) is 17.1 Å². The quantitative estimate of drug-likeness (QED) is 0.541. The van der Waals surface area contributed by atoms with E-state index in [0.29, 0.717) is 0 Å². The highest BCUT2D eigenvalue weighted by molar-refractivity contribution is 14.1. The van der Waals surface area contributed by atoms with E-state index in [4.69, 9.17) is 0 Å². The van der Waals surface area contributed by atoms with Gasteiger partial charge in [-0.2, -0.15) is 0 Å². The van der Waals surface area contributed by atoms with Crippen molar-refractivity contribution >= 4 is 40.2 Å². The summed E-state index contributed by atoms with van der Waals surface area (Å²) in [7, 11) is 0. The Morgan fingerprint density at radius 1 is 1.75 bits per heavy atom. The van der Waals surface area contributed by atoms with Gasteiger partial charge in [-0.15, -0.1) is 11.3 Å². The van der Waals surface area contributed by atoms with Crippen molar-refractivity contribution in [3.8, 4) is 0 Å². The molecule has 8 heavy (non-hydrogen) atoms. The van der Waals surface area contributed by atoms with Gasteiger partial charge in [-0.3, -0.25) is 4.79 Å². The van der Waals surface area contributed by atoms with Crippen LogP contribution in [0.15, 0.2) is 11.4 Å². The Labute approximate surface area is 64.9 Å². The summed E-state index contributed by atoms with van der Waals surface area (Å²) in [6.45, 7) is 0. The number of thiophene rings is 1. The molecule has 0 saturated heterocycles. The third-order valence-corrected chi connectivity index (χ3v) is 2.87. The van der Waals surface area contributed by atoms with E-state index in [1.165, 1.54) is 0 Å². The molecule has 0 aliphatic rings. The van der Waals surface area contributed by atoms with Crippen LogP contribution in [0, 0.1) is 2.88 Å². The van der Waals surface area contributed by atoms with Gasteiger partial charge in [0.2, 0.25) is 0 Å². The minimum atomic E-state index is 0.801. The Morgan fingerprint density at radius 3 is 2.75 bits per heavy atom. The SMILES string of the molecule is O=Cc1ccsc1I. The van der Waals surface area contributed by atoms with Crippen molar-refractivity contribution in [2.24, 2.45) is 0 Å². The molecule has 1 aromatic heterocycles. The van der Waals surface area contributed by atoms with Crippen molar-refractivity contribution in [1.82, 2.24) is 0 Å². The number of rotatable bonds is 1. The van der Waals surface area contributed by atoms with Crippen LogP contribution in [0.3, 0.4) is 0 Å². The molecule has 0 bridgehead atoms. The summed E-state index contributed by atoms with van der Waals surface area (Å²) in [5, 5.41) is 1.91. The lowest BCUT2D eigenvalue weighted by Crippen LogP contribution is -1.72. The van der Waals surface area contributed by atoms with Gasteiger partial charge in [0, 0.05) is 5.56 Å². The zero-order valence-electron chi connectivity index (χ0n) is 3.93. The fraction of sp³-hybridized carbons (Fsp3) is 0. The molecule has 0 aliphatic heterocycles. The molecule has 0 unspecified atom stereocenters. The minimum Gasteiger partial charge on any atom is -0.298 e. The first-order valence-corrected chi connectivity index (χ1v) is 3.98. The predicted octanol–water partition coefficient (Wildman–Crippen LogP) is 2.17. The molecule has 3 heteroatoms. The van der Waals surface area contributed by atoms with Crippen LogP contribution in [-0.4, -0.2) is 6.29 Å². The summed E-state index contributed by atoms with van der Waals surface area (Å²) in [6, 6.07) is 1.82. The molecule has 0 amide bonds. The summed E-state index contributed by atoms with van der Waals surface area (Å²) in [5.74, 6) is 0. The minimum absolute atomic E-state index is 0.801. The summed E-state index contributed by atoms with van der Waals surface area (Å²) < 4.78 is 1.07. The normalized spacial score (nSPS) is 9.12. The van der Waals surface area contributed by atoms with E-state index in [-0.39, 0.29) is 0 Å². The van der Waals surface area contributed by atoms with Crippen molar-refractivity contribution in [3.63, 3.8) is 0 Å². The summed E-state index contributed by atoms with van der Waals surface area (Å²) in [5.41, 5.74) is 0.801. The monoisotopic (exact) mass is 238 g/mol. The summed E-state index contributed by atoms with van der Waals surface area (Å²) in [6.07, 6.45) is 0.873. The van der Waals surface area contributed by atoms with Gasteiger partial charge in [0.25, 0.3) is 0 Å². The molecule has 0 aliphatic carbocycles. The third-order valence-electron chi connectivity index (χ3n) is 0.773. The largest absolute Gasteiger partial charge is 0.298 e. The number of carbonyl (C=O) groups is 1. The smallest absolute Gasteiger partial charge is 0.151 e. The lowest BCUT2D eigenvalue weighted by atomic mass is 10.4. The molecular weight excluding hydrogens is 235 g/mol. The van der Waals surface area contributed by atoms with E-state index in [2.05, 4.69) is 22.6 Å². The van der Waals surface area contributed by atoms with E-state index >= 15 is 0 Å². The van der Waals surface area contributed by atoms with Crippen LogP contribution in [0.4, 0.5) is 0 Å². The van der Waals surface area contributed by atoms with Crippen LogP contribution >= 0.6 is 33.9 Å². The first-order chi connectivity index (χ1) is 3.84. The van der Waals surface area contributed by atoms with E-state index < -0.39 is 0 Å². The average Bonchev–Trinajstić information content (AvgIpc) is 2.14. The molecule has 1 rings (SSSR count). The Morgan fingerprint density at radius 2 is 2.50 bits per heavy atom. The summed E-state index contributed by atoms with van der Waals surface area (Å²) >= 11 is 3.73. The van der Waals surface area contributed by atoms with Crippen LogP contribution in [0.1, 0.15) is 10.4 Å². The van der Waals surface area contributed by atoms with Crippen molar-refractivity contribution < 1.29 is 4.79 Å². The lowest BCUT2D eigenvalue weighted by molar-refractivity contribution is 0.112. The molecule has 0 fully saturated rings. The van der Waals surface area contributed by atoms with Crippen LogP contribution in [0.2, 0.25) is 0 Å². The Bertz CT molecular complexity index is 194. The van der Waals surface area contributed by atoms with Crippen molar-refractivity contribution in [2.75, 3.05) is 0 Å². The van der Waals surface area contributed by atoms with E-state index in [1.807, 2.05) is 11.4 Å². The molecule has 1 heterocycles. The Balaban J connectivity index is 3.09. The van der Waals surface area contributed by atoms with Crippen LogP contribution in [0.5, 0.6) is 0 Å². The van der Waals surface area contributed by atoms with Gasteiger partial charge in [0.05, 0.1) is 2.88 Å². The molecule has 0 aromatic carbocycles. The maximum absolute atomic E-state index is 10.1.